The topological polar surface area (TPSA) is 27.7 Å². The van der Waals surface area contributed by atoms with Gasteiger partial charge in [0.25, 0.3) is 0 Å². The molecule has 23 heavy (non-hydrogen) atoms. The standard InChI is InChI=1S/C18H27N3OS/c1-20(2)11-9-19-18(23)21-10-8-17(13-21)22-16-7-6-14-4-3-5-15(14)12-16/h6-7,12,17H,3-5,8-11,13H2,1-2H3,(H,19,23). The van der Waals surface area contributed by atoms with Gasteiger partial charge in [0.2, 0.25) is 0 Å². The average Bonchev–Trinajstić information content (AvgIpc) is 3.15. The van der Waals surface area contributed by atoms with Crippen molar-refractivity contribution in [1.82, 2.24) is 15.1 Å². The number of nitrogens with zero attached hydrogens (tertiary/aromatic N) is 2. The zero-order chi connectivity index (χ0) is 16.2. The first-order chi connectivity index (χ1) is 11.1. The Balaban J connectivity index is 1.47. The van der Waals surface area contributed by atoms with Crippen LogP contribution in [0.25, 0.3) is 0 Å². The van der Waals surface area contributed by atoms with E-state index in [4.69, 9.17) is 17.0 Å². The maximum atomic E-state index is 6.19. The number of aryl methyl sites for hydroxylation is 2. The van der Waals surface area contributed by atoms with Gasteiger partial charge >= 0.3 is 0 Å². The summed E-state index contributed by atoms with van der Waals surface area (Å²) in [5, 5.41) is 4.19. The van der Waals surface area contributed by atoms with Crippen molar-refractivity contribution in [1.29, 1.82) is 0 Å². The lowest BCUT2D eigenvalue weighted by Gasteiger charge is -2.21. The van der Waals surface area contributed by atoms with E-state index in [1.807, 2.05) is 0 Å². The van der Waals surface area contributed by atoms with Crippen molar-refractivity contribution in [2.24, 2.45) is 0 Å². The highest BCUT2D eigenvalue weighted by Crippen LogP contribution is 2.27. The van der Waals surface area contributed by atoms with Gasteiger partial charge in [-0.1, -0.05) is 6.07 Å². The second kappa shape index (κ2) is 7.49. The first-order valence-corrected chi connectivity index (χ1v) is 8.98. The van der Waals surface area contributed by atoms with Crippen LogP contribution in [0.2, 0.25) is 0 Å². The number of fused-ring (bicyclic) bond motifs is 1. The van der Waals surface area contributed by atoms with Crippen LogP contribution in [0.1, 0.15) is 24.0 Å². The Morgan fingerprint density at radius 1 is 1.35 bits per heavy atom. The Morgan fingerprint density at radius 3 is 3.00 bits per heavy atom. The molecule has 0 bridgehead atoms. The Morgan fingerprint density at radius 2 is 2.17 bits per heavy atom. The highest BCUT2D eigenvalue weighted by Gasteiger charge is 2.26. The summed E-state index contributed by atoms with van der Waals surface area (Å²) in [6.45, 7) is 3.73. The molecular formula is C18H27N3OS. The number of benzene rings is 1. The minimum atomic E-state index is 0.239. The molecule has 5 heteroatoms. The molecule has 0 saturated carbocycles. The molecule has 1 heterocycles. The number of hydrogen-bond acceptors (Lipinski definition) is 3. The molecule has 1 fully saturated rings. The predicted molar refractivity (Wildman–Crippen MR) is 98.2 cm³/mol. The van der Waals surface area contributed by atoms with Gasteiger partial charge in [0.1, 0.15) is 11.9 Å². The van der Waals surface area contributed by atoms with Gasteiger partial charge in [-0.25, -0.2) is 0 Å². The molecule has 2 aliphatic rings. The highest BCUT2D eigenvalue weighted by molar-refractivity contribution is 7.80. The molecule has 0 spiro atoms. The molecule has 0 aromatic heterocycles. The van der Waals surface area contributed by atoms with E-state index in [-0.39, 0.29) is 6.10 Å². The van der Waals surface area contributed by atoms with E-state index < -0.39 is 0 Å². The molecule has 1 atom stereocenters. The van der Waals surface area contributed by atoms with Crippen molar-refractivity contribution < 1.29 is 4.74 Å². The highest BCUT2D eigenvalue weighted by atomic mass is 32.1. The van der Waals surface area contributed by atoms with Gasteiger partial charge in [-0.05, 0) is 68.8 Å². The van der Waals surface area contributed by atoms with E-state index >= 15 is 0 Å². The van der Waals surface area contributed by atoms with Crippen LogP contribution < -0.4 is 10.1 Å². The van der Waals surface area contributed by atoms with Crippen LogP contribution in [-0.2, 0) is 12.8 Å². The summed E-state index contributed by atoms with van der Waals surface area (Å²) in [5.41, 5.74) is 2.97. The van der Waals surface area contributed by atoms with Gasteiger partial charge in [-0.3, -0.25) is 0 Å². The number of hydrogen-bond donors (Lipinski definition) is 1. The van der Waals surface area contributed by atoms with Crippen molar-refractivity contribution in [3.8, 4) is 5.75 Å². The first-order valence-electron chi connectivity index (χ1n) is 8.58. The fraction of sp³-hybridized carbons (Fsp3) is 0.611. The first kappa shape index (κ1) is 16.5. The summed E-state index contributed by atoms with van der Waals surface area (Å²) in [6.07, 6.45) is 4.97. The summed E-state index contributed by atoms with van der Waals surface area (Å²) in [4.78, 5) is 4.38. The predicted octanol–water partition coefficient (Wildman–Crippen LogP) is 2.06. The lowest BCUT2D eigenvalue weighted by Crippen LogP contribution is -2.41. The zero-order valence-corrected chi connectivity index (χ0v) is 15.0. The summed E-state index contributed by atoms with van der Waals surface area (Å²) >= 11 is 5.49. The van der Waals surface area contributed by atoms with Gasteiger partial charge in [0.15, 0.2) is 5.11 Å². The molecule has 1 aromatic rings. The molecule has 126 valence electrons. The van der Waals surface area contributed by atoms with Gasteiger partial charge in [0.05, 0.1) is 6.54 Å². The Kier molecular flexibility index (Phi) is 5.38. The monoisotopic (exact) mass is 333 g/mol. The van der Waals surface area contributed by atoms with Crippen molar-refractivity contribution >= 4 is 17.3 Å². The summed E-state index contributed by atoms with van der Waals surface area (Å²) in [5.74, 6) is 1.02. The van der Waals surface area contributed by atoms with E-state index in [1.54, 1.807) is 0 Å². The van der Waals surface area contributed by atoms with Crippen LogP contribution in [0.15, 0.2) is 18.2 Å². The van der Waals surface area contributed by atoms with E-state index in [2.05, 4.69) is 47.4 Å². The number of thiocarbonyl (C=S) groups is 1. The SMILES string of the molecule is CN(C)CCNC(=S)N1CCC(Oc2ccc3c(c2)CCC3)C1. The molecule has 1 aromatic carbocycles. The van der Waals surface area contributed by atoms with Crippen molar-refractivity contribution in [2.45, 2.75) is 31.8 Å². The molecule has 4 nitrogen and oxygen atoms in total. The largest absolute Gasteiger partial charge is 0.489 e. The molecule has 1 saturated heterocycles. The fourth-order valence-corrected chi connectivity index (χ4v) is 3.59. The van der Waals surface area contributed by atoms with E-state index in [9.17, 15) is 0 Å². The van der Waals surface area contributed by atoms with Crippen molar-refractivity contribution in [3.05, 3.63) is 29.3 Å². The minimum absolute atomic E-state index is 0.239. The van der Waals surface area contributed by atoms with Gasteiger partial charge in [-0.15, -0.1) is 0 Å². The number of rotatable bonds is 5. The molecular weight excluding hydrogens is 306 g/mol. The molecule has 1 aliphatic carbocycles. The molecule has 0 amide bonds. The summed E-state index contributed by atoms with van der Waals surface area (Å²) in [6, 6.07) is 6.59. The van der Waals surface area contributed by atoms with Crippen LogP contribution >= 0.6 is 12.2 Å². The smallest absolute Gasteiger partial charge is 0.169 e. The molecule has 1 N–H and O–H groups in total. The molecule has 0 radical (unpaired) electrons. The normalized spacial score (nSPS) is 20.0. The van der Waals surface area contributed by atoms with E-state index in [0.717, 1.165) is 43.5 Å². The Labute approximate surface area is 144 Å². The third-order valence-corrected chi connectivity index (χ3v) is 5.04. The van der Waals surface area contributed by atoms with Crippen LogP contribution in [0, 0.1) is 0 Å². The molecule has 3 rings (SSSR count). The summed E-state index contributed by atoms with van der Waals surface area (Å²) < 4.78 is 6.19. The minimum Gasteiger partial charge on any atom is -0.489 e. The van der Waals surface area contributed by atoms with Gasteiger partial charge in [-0.2, -0.15) is 0 Å². The van der Waals surface area contributed by atoms with Gasteiger partial charge in [0, 0.05) is 26.1 Å². The number of likely N-dealkylation sites (N-methyl/N-ethyl adjacent to an activating group) is 1. The van der Waals surface area contributed by atoms with Crippen LogP contribution in [0.5, 0.6) is 5.75 Å². The second-order valence-corrected chi connectivity index (χ2v) is 7.18. The third-order valence-electron chi connectivity index (χ3n) is 4.64. The zero-order valence-electron chi connectivity index (χ0n) is 14.2. The lowest BCUT2D eigenvalue weighted by atomic mass is 10.1. The number of nitrogens with one attached hydrogen (secondary N) is 1. The summed E-state index contributed by atoms with van der Waals surface area (Å²) in [7, 11) is 4.14. The number of ether oxygens (including phenoxy) is 1. The Hall–Kier alpha value is -1.33. The van der Waals surface area contributed by atoms with E-state index in [1.165, 1.54) is 30.4 Å². The molecule has 1 aliphatic heterocycles. The average molecular weight is 334 g/mol. The number of likely N-dealkylation sites (tertiary alicyclic amines) is 1. The Bertz CT molecular complexity index is 561. The van der Waals surface area contributed by atoms with Crippen LogP contribution in [0.4, 0.5) is 0 Å². The quantitative estimate of drug-likeness (QED) is 0.833. The van der Waals surface area contributed by atoms with Gasteiger partial charge < -0.3 is 19.9 Å². The van der Waals surface area contributed by atoms with E-state index in [0.29, 0.717) is 0 Å². The lowest BCUT2D eigenvalue weighted by molar-refractivity contribution is 0.214. The van der Waals surface area contributed by atoms with Crippen molar-refractivity contribution in [3.63, 3.8) is 0 Å². The molecule has 1 unspecified atom stereocenters. The van der Waals surface area contributed by atoms with Crippen LogP contribution in [-0.4, -0.2) is 61.3 Å². The maximum absolute atomic E-state index is 6.19. The van der Waals surface area contributed by atoms with Crippen LogP contribution in [0.3, 0.4) is 0 Å². The fourth-order valence-electron chi connectivity index (χ4n) is 3.32. The second-order valence-electron chi connectivity index (χ2n) is 6.79. The maximum Gasteiger partial charge on any atom is 0.169 e. The third kappa shape index (κ3) is 4.36. The van der Waals surface area contributed by atoms with Crippen molar-refractivity contribution in [2.75, 3.05) is 40.3 Å².